The summed E-state index contributed by atoms with van der Waals surface area (Å²) < 4.78 is 0. The number of benzene rings is 2. The lowest BCUT2D eigenvalue weighted by atomic mass is 9.95. The predicted molar refractivity (Wildman–Crippen MR) is 123 cm³/mol. The van der Waals surface area contributed by atoms with Gasteiger partial charge >= 0.3 is 0 Å². The van der Waals surface area contributed by atoms with Gasteiger partial charge in [-0.05, 0) is 75.6 Å². The fourth-order valence-corrected chi connectivity index (χ4v) is 4.97. The molecule has 160 valence electrons. The number of rotatable bonds is 5. The van der Waals surface area contributed by atoms with Crippen LogP contribution < -0.4 is 0 Å². The van der Waals surface area contributed by atoms with Gasteiger partial charge in [-0.25, -0.2) is 0 Å². The van der Waals surface area contributed by atoms with Crippen molar-refractivity contribution in [2.75, 3.05) is 33.2 Å². The average Bonchev–Trinajstić information content (AvgIpc) is 2.77. The van der Waals surface area contributed by atoms with E-state index < -0.39 is 0 Å². The van der Waals surface area contributed by atoms with E-state index >= 15 is 0 Å². The Morgan fingerprint density at radius 1 is 0.900 bits per heavy atom. The quantitative estimate of drug-likeness (QED) is 0.703. The number of likely N-dealkylation sites (tertiary alicyclic amines) is 2. The first-order valence-corrected chi connectivity index (χ1v) is 11.5. The Hall–Kier alpha value is -1.88. The highest BCUT2D eigenvalue weighted by Gasteiger charge is 2.35. The molecule has 2 aliphatic rings. The Bertz CT molecular complexity index is 810. The van der Waals surface area contributed by atoms with Gasteiger partial charge in [-0.1, -0.05) is 41.9 Å². The molecule has 0 atom stereocenters. The Labute approximate surface area is 185 Å². The van der Waals surface area contributed by atoms with Crippen LogP contribution in [0, 0.1) is 0 Å². The molecule has 2 saturated heterocycles. The van der Waals surface area contributed by atoms with Gasteiger partial charge in [0, 0.05) is 42.3 Å². The van der Waals surface area contributed by atoms with Gasteiger partial charge in [-0.15, -0.1) is 0 Å². The van der Waals surface area contributed by atoms with Crippen molar-refractivity contribution < 1.29 is 4.79 Å². The standard InChI is InChI=1S/C25H32ClN3O/c1-27-15-11-23(12-16-27)29(25(30)21-7-9-22(26)10-8-21)24-13-17-28(18-14-24)19-20-5-3-2-4-6-20/h2-10,23-24H,11-19H2,1H3. The number of nitrogens with zero attached hydrogens (tertiary/aromatic N) is 3. The van der Waals surface area contributed by atoms with Crippen molar-refractivity contribution in [2.24, 2.45) is 0 Å². The van der Waals surface area contributed by atoms with E-state index in [1.807, 2.05) is 24.3 Å². The van der Waals surface area contributed by atoms with Gasteiger partial charge in [0.25, 0.3) is 5.91 Å². The van der Waals surface area contributed by atoms with E-state index in [-0.39, 0.29) is 5.91 Å². The lowest BCUT2D eigenvalue weighted by Gasteiger charge is -2.45. The van der Waals surface area contributed by atoms with E-state index in [2.05, 4.69) is 52.1 Å². The first-order valence-electron chi connectivity index (χ1n) is 11.1. The van der Waals surface area contributed by atoms with Crippen LogP contribution in [0.4, 0.5) is 0 Å². The molecule has 0 N–H and O–H groups in total. The van der Waals surface area contributed by atoms with Crippen molar-refractivity contribution in [3.8, 4) is 0 Å². The molecule has 5 heteroatoms. The fourth-order valence-electron chi connectivity index (χ4n) is 4.84. The number of halogens is 1. The molecule has 2 heterocycles. The lowest BCUT2D eigenvalue weighted by molar-refractivity contribution is 0.0312. The molecule has 2 fully saturated rings. The van der Waals surface area contributed by atoms with Crippen LogP contribution in [0.2, 0.25) is 5.02 Å². The Morgan fingerprint density at radius 2 is 1.47 bits per heavy atom. The molecule has 0 radical (unpaired) electrons. The molecule has 0 saturated carbocycles. The van der Waals surface area contributed by atoms with Crippen molar-refractivity contribution >= 4 is 17.5 Å². The summed E-state index contributed by atoms with van der Waals surface area (Å²) in [6.07, 6.45) is 4.19. The molecule has 1 amide bonds. The van der Waals surface area contributed by atoms with Crippen molar-refractivity contribution in [3.05, 3.63) is 70.7 Å². The molecular weight excluding hydrogens is 394 g/mol. The zero-order valence-electron chi connectivity index (χ0n) is 17.8. The van der Waals surface area contributed by atoms with Crippen LogP contribution in [0.15, 0.2) is 54.6 Å². The molecule has 30 heavy (non-hydrogen) atoms. The Balaban J connectivity index is 1.45. The van der Waals surface area contributed by atoms with E-state index in [1.165, 1.54) is 5.56 Å². The van der Waals surface area contributed by atoms with Crippen LogP contribution in [0.3, 0.4) is 0 Å². The van der Waals surface area contributed by atoms with Gasteiger partial charge in [-0.2, -0.15) is 0 Å². The Morgan fingerprint density at radius 3 is 2.07 bits per heavy atom. The third-order valence-electron chi connectivity index (χ3n) is 6.61. The molecule has 2 aromatic rings. The van der Waals surface area contributed by atoms with E-state index in [4.69, 9.17) is 11.6 Å². The van der Waals surface area contributed by atoms with Crippen LogP contribution in [0.1, 0.15) is 41.6 Å². The minimum absolute atomic E-state index is 0.169. The molecule has 2 aliphatic heterocycles. The molecular formula is C25H32ClN3O. The SMILES string of the molecule is CN1CCC(N(C(=O)c2ccc(Cl)cc2)C2CCN(Cc3ccccc3)CC2)CC1. The zero-order chi connectivity index (χ0) is 20.9. The second-order valence-electron chi connectivity index (χ2n) is 8.75. The number of amides is 1. The average molecular weight is 426 g/mol. The molecule has 0 aromatic heterocycles. The predicted octanol–water partition coefficient (Wildman–Crippen LogP) is 4.54. The van der Waals surface area contributed by atoms with E-state index in [1.54, 1.807) is 0 Å². The largest absolute Gasteiger partial charge is 0.332 e. The number of carbonyl (C=O) groups excluding carboxylic acids is 1. The van der Waals surface area contributed by atoms with Crippen molar-refractivity contribution in [3.63, 3.8) is 0 Å². The monoisotopic (exact) mass is 425 g/mol. The first-order chi connectivity index (χ1) is 14.6. The molecule has 0 aliphatic carbocycles. The summed E-state index contributed by atoms with van der Waals surface area (Å²) >= 11 is 6.06. The normalized spacial score (nSPS) is 19.7. The van der Waals surface area contributed by atoms with Crippen molar-refractivity contribution in [1.82, 2.24) is 14.7 Å². The summed E-state index contributed by atoms with van der Waals surface area (Å²) in [7, 11) is 2.17. The van der Waals surface area contributed by atoms with E-state index in [0.29, 0.717) is 17.1 Å². The van der Waals surface area contributed by atoms with Gasteiger partial charge in [0.05, 0.1) is 0 Å². The fraction of sp³-hybridized carbons (Fsp3) is 0.480. The number of carbonyl (C=O) groups is 1. The topological polar surface area (TPSA) is 26.8 Å². The van der Waals surface area contributed by atoms with Gasteiger partial charge in [0.15, 0.2) is 0 Å². The molecule has 4 rings (SSSR count). The lowest BCUT2D eigenvalue weighted by Crippen LogP contribution is -2.54. The molecule has 0 bridgehead atoms. The minimum atomic E-state index is 0.169. The maximum Gasteiger partial charge on any atom is 0.254 e. The summed E-state index contributed by atoms with van der Waals surface area (Å²) in [5.41, 5.74) is 2.12. The highest BCUT2D eigenvalue weighted by Crippen LogP contribution is 2.27. The minimum Gasteiger partial charge on any atom is -0.332 e. The third-order valence-corrected chi connectivity index (χ3v) is 6.86. The third kappa shape index (κ3) is 5.23. The summed E-state index contributed by atoms with van der Waals surface area (Å²) in [5, 5.41) is 0.673. The summed E-state index contributed by atoms with van der Waals surface area (Å²) in [6.45, 7) is 5.18. The van der Waals surface area contributed by atoms with E-state index in [0.717, 1.165) is 64.0 Å². The van der Waals surface area contributed by atoms with Crippen LogP contribution in [0.25, 0.3) is 0 Å². The van der Waals surface area contributed by atoms with Gasteiger partial charge in [-0.3, -0.25) is 9.69 Å². The van der Waals surface area contributed by atoms with Crippen LogP contribution >= 0.6 is 11.6 Å². The summed E-state index contributed by atoms with van der Waals surface area (Å²) in [6, 6.07) is 18.7. The molecule has 2 aromatic carbocycles. The molecule has 4 nitrogen and oxygen atoms in total. The van der Waals surface area contributed by atoms with Crippen LogP contribution in [-0.4, -0.2) is 65.9 Å². The van der Waals surface area contributed by atoms with E-state index in [9.17, 15) is 4.79 Å². The van der Waals surface area contributed by atoms with Crippen molar-refractivity contribution in [1.29, 1.82) is 0 Å². The number of hydrogen-bond acceptors (Lipinski definition) is 3. The molecule has 0 spiro atoms. The van der Waals surface area contributed by atoms with Gasteiger partial charge in [0.2, 0.25) is 0 Å². The van der Waals surface area contributed by atoms with Gasteiger partial charge < -0.3 is 9.80 Å². The van der Waals surface area contributed by atoms with Crippen molar-refractivity contribution in [2.45, 2.75) is 44.3 Å². The summed E-state index contributed by atoms with van der Waals surface area (Å²) in [4.78, 5) is 20.7. The maximum absolute atomic E-state index is 13.6. The second kappa shape index (κ2) is 9.95. The zero-order valence-corrected chi connectivity index (χ0v) is 18.6. The van der Waals surface area contributed by atoms with Gasteiger partial charge in [0.1, 0.15) is 0 Å². The van der Waals surface area contributed by atoms with Crippen LogP contribution in [-0.2, 0) is 6.54 Å². The van der Waals surface area contributed by atoms with Crippen LogP contribution in [0.5, 0.6) is 0 Å². The highest BCUT2D eigenvalue weighted by molar-refractivity contribution is 6.30. The number of piperidine rings is 2. The highest BCUT2D eigenvalue weighted by atomic mass is 35.5. The smallest absolute Gasteiger partial charge is 0.254 e. The maximum atomic E-state index is 13.6. The molecule has 0 unspecified atom stereocenters. The number of hydrogen-bond donors (Lipinski definition) is 0. The second-order valence-corrected chi connectivity index (χ2v) is 9.18. The Kier molecular flexibility index (Phi) is 7.08. The first kappa shape index (κ1) is 21.4. The summed E-state index contributed by atoms with van der Waals surface area (Å²) in [5.74, 6) is 0.169.